The second kappa shape index (κ2) is 4.46. The number of hydrogen-bond acceptors (Lipinski definition) is 2. The van der Waals surface area contributed by atoms with Crippen molar-refractivity contribution in [2.75, 3.05) is 0 Å². The van der Waals surface area contributed by atoms with Crippen LogP contribution in [0.1, 0.15) is 18.4 Å². The molecule has 0 saturated heterocycles. The Hall–Kier alpha value is -1.80. The Labute approximate surface area is 107 Å². The van der Waals surface area contributed by atoms with Gasteiger partial charge in [0.1, 0.15) is 11.5 Å². The molecule has 1 saturated carbocycles. The monoisotopic (exact) mass is 239 g/mol. The smallest absolute Gasteiger partial charge is 0.130 e. The van der Waals surface area contributed by atoms with Gasteiger partial charge in [-0.25, -0.2) is 0 Å². The fourth-order valence-electron chi connectivity index (χ4n) is 2.08. The first-order valence-electron chi connectivity index (χ1n) is 6.35. The summed E-state index contributed by atoms with van der Waals surface area (Å²) in [5.74, 6) is 1.78. The maximum absolute atomic E-state index is 6.19. The second-order valence-electron chi connectivity index (χ2n) is 5.06. The summed E-state index contributed by atoms with van der Waals surface area (Å²) in [6.07, 6.45) is 3.13. The molecule has 0 unspecified atom stereocenters. The minimum atomic E-state index is 0.0101. The molecule has 18 heavy (non-hydrogen) atoms. The molecule has 0 aromatic heterocycles. The lowest BCUT2D eigenvalue weighted by atomic mass is 10.0. The predicted octanol–water partition coefficient (Wildman–Crippen LogP) is 3.51. The van der Waals surface area contributed by atoms with Crippen LogP contribution in [0.25, 0.3) is 0 Å². The molecule has 92 valence electrons. The lowest BCUT2D eigenvalue weighted by Gasteiger charge is -2.14. The first kappa shape index (κ1) is 11.3. The van der Waals surface area contributed by atoms with Crippen molar-refractivity contribution in [1.82, 2.24) is 0 Å². The van der Waals surface area contributed by atoms with Crippen LogP contribution in [0.5, 0.6) is 11.5 Å². The molecule has 2 N–H and O–H groups in total. The topological polar surface area (TPSA) is 35.2 Å². The summed E-state index contributed by atoms with van der Waals surface area (Å²) < 4.78 is 5.93. The van der Waals surface area contributed by atoms with E-state index in [1.54, 1.807) is 0 Å². The summed E-state index contributed by atoms with van der Waals surface area (Å²) in [5, 5.41) is 0. The summed E-state index contributed by atoms with van der Waals surface area (Å²) in [6, 6.07) is 18.0. The zero-order valence-corrected chi connectivity index (χ0v) is 10.3. The van der Waals surface area contributed by atoms with E-state index in [9.17, 15) is 0 Å². The van der Waals surface area contributed by atoms with Crippen molar-refractivity contribution < 1.29 is 4.74 Å². The van der Waals surface area contributed by atoms with Crippen LogP contribution in [0.15, 0.2) is 54.6 Å². The van der Waals surface area contributed by atoms with Gasteiger partial charge in [0.25, 0.3) is 0 Å². The van der Waals surface area contributed by atoms with Gasteiger partial charge in [-0.1, -0.05) is 36.4 Å². The van der Waals surface area contributed by atoms with Crippen molar-refractivity contribution in [3.63, 3.8) is 0 Å². The zero-order chi connectivity index (χ0) is 12.4. The maximum atomic E-state index is 6.19. The molecule has 0 bridgehead atoms. The minimum Gasteiger partial charge on any atom is -0.457 e. The molecule has 1 aliphatic rings. The number of ether oxygens (including phenoxy) is 1. The fraction of sp³-hybridized carbons (Fsp3) is 0.250. The molecular weight excluding hydrogens is 222 g/mol. The van der Waals surface area contributed by atoms with Crippen LogP contribution in [-0.4, -0.2) is 5.54 Å². The van der Waals surface area contributed by atoms with Gasteiger partial charge in [-0.05, 0) is 43.0 Å². The first-order chi connectivity index (χ1) is 8.75. The SMILES string of the molecule is NC1(Cc2ccccc2Oc2ccccc2)CC1. The summed E-state index contributed by atoms with van der Waals surface area (Å²) in [4.78, 5) is 0. The van der Waals surface area contributed by atoms with Gasteiger partial charge < -0.3 is 10.5 Å². The molecule has 2 aromatic rings. The standard InChI is InChI=1S/C16H17NO/c17-16(10-11-16)12-13-6-4-5-9-15(13)18-14-7-2-1-3-8-14/h1-9H,10-12,17H2. The van der Waals surface area contributed by atoms with E-state index < -0.39 is 0 Å². The highest BCUT2D eigenvalue weighted by Crippen LogP contribution is 2.38. The van der Waals surface area contributed by atoms with E-state index in [-0.39, 0.29) is 5.54 Å². The first-order valence-corrected chi connectivity index (χ1v) is 6.35. The third kappa shape index (κ3) is 2.54. The number of rotatable bonds is 4. The third-order valence-electron chi connectivity index (χ3n) is 3.38. The Morgan fingerprint density at radius 1 is 0.944 bits per heavy atom. The summed E-state index contributed by atoms with van der Waals surface area (Å²) in [5.41, 5.74) is 7.39. The van der Waals surface area contributed by atoms with Crippen molar-refractivity contribution >= 4 is 0 Å². The Morgan fingerprint density at radius 2 is 1.61 bits per heavy atom. The average molecular weight is 239 g/mol. The Bertz CT molecular complexity index is 532. The molecule has 0 heterocycles. The highest BCUT2D eigenvalue weighted by Gasteiger charge is 2.38. The van der Waals surface area contributed by atoms with E-state index in [0.29, 0.717) is 0 Å². The Morgan fingerprint density at radius 3 is 2.33 bits per heavy atom. The summed E-state index contributed by atoms with van der Waals surface area (Å²) in [6.45, 7) is 0. The second-order valence-corrected chi connectivity index (χ2v) is 5.06. The van der Waals surface area contributed by atoms with Crippen LogP contribution in [0.3, 0.4) is 0 Å². The molecule has 1 aliphatic carbocycles. The van der Waals surface area contributed by atoms with E-state index in [0.717, 1.165) is 30.8 Å². The fourth-order valence-corrected chi connectivity index (χ4v) is 2.08. The van der Waals surface area contributed by atoms with Gasteiger partial charge in [0, 0.05) is 5.54 Å². The molecule has 0 spiro atoms. The normalized spacial score (nSPS) is 16.3. The molecular formula is C16H17NO. The van der Waals surface area contributed by atoms with Crippen LogP contribution < -0.4 is 10.5 Å². The van der Waals surface area contributed by atoms with Crippen LogP contribution >= 0.6 is 0 Å². The van der Waals surface area contributed by atoms with E-state index in [1.165, 1.54) is 5.56 Å². The van der Waals surface area contributed by atoms with Crippen LogP contribution in [0.4, 0.5) is 0 Å². The highest BCUT2D eigenvalue weighted by molar-refractivity contribution is 5.39. The van der Waals surface area contributed by atoms with Gasteiger partial charge in [-0.15, -0.1) is 0 Å². The molecule has 0 atom stereocenters. The number of para-hydroxylation sites is 2. The lowest BCUT2D eigenvalue weighted by Crippen LogP contribution is -2.24. The molecule has 1 fully saturated rings. The van der Waals surface area contributed by atoms with Gasteiger partial charge in [0.2, 0.25) is 0 Å². The zero-order valence-electron chi connectivity index (χ0n) is 10.3. The van der Waals surface area contributed by atoms with Crippen LogP contribution in [0, 0.1) is 0 Å². The lowest BCUT2D eigenvalue weighted by molar-refractivity contribution is 0.472. The average Bonchev–Trinajstić information content (AvgIpc) is 3.11. The molecule has 2 heteroatoms. The summed E-state index contributed by atoms with van der Waals surface area (Å²) >= 11 is 0. The van der Waals surface area contributed by atoms with Gasteiger partial charge in [-0.2, -0.15) is 0 Å². The van der Waals surface area contributed by atoms with Crippen LogP contribution in [0.2, 0.25) is 0 Å². The Balaban J connectivity index is 1.83. The molecule has 0 aliphatic heterocycles. The van der Waals surface area contributed by atoms with E-state index >= 15 is 0 Å². The van der Waals surface area contributed by atoms with Crippen molar-refractivity contribution in [3.8, 4) is 11.5 Å². The van der Waals surface area contributed by atoms with Crippen molar-refractivity contribution in [2.45, 2.75) is 24.8 Å². The predicted molar refractivity (Wildman–Crippen MR) is 72.8 cm³/mol. The quantitative estimate of drug-likeness (QED) is 0.886. The number of benzene rings is 2. The van der Waals surface area contributed by atoms with Crippen molar-refractivity contribution in [1.29, 1.82) is 0 Å². The van der Waals surface area contributed by atoms with Crippen LogP contribution in [-0.2, 0) is 6.42 Å². The maximum Gasteiger partial charge on any atom is 0.130 e. The largest absolute Gasteiger partial charge is 0.457 e. The molecule has 0 radical (unpaired) electrons. The molecule has 3 rings (SSSR count). The minimum absolute atomic E-state index is 0.0101. The molecule has 2 aromatic carbocycles. The van der Waals surface area contributed by atoms with Gasteiger partial charge >= 0.3 is 0 Å². The van der Waals surface area contributed by atoms with Gasteiger partial charge in [0.15, 0.2) is 0 Å². The molecule has 0 amide bonds. The van der Waals surface area contributed by atoms with Crippen molar-refractivity contribution in [3.05, 3.63) is 60.2 Å². The van der Waals surface area contributed by atoms with E-state index in [2.05, 4.69) is 6.07 Å². The van der Waals surface area contributed by atoms with Gasteiger partial charge in [-0.3, -0.25) is 0 Å². The number of hydrogen-bond donors (Lipinski definition) is 1. The number of nitrogens with two attached hydrogens (primary N) is 1. The third-order valence-corrected chi connectivity index (χ3v) is 3.38. The molecule has 2 nitrogen and oxygen atoms in total. The van der Waals surface area contributed by atoms with Gasteiger partial charge in [0.05, 0.1) is 0 Å². The van der Waals surface area contributed by atoms with Crippen molar-refractivity contribution in [2.24, 2.45) is 5.73 Å². The summed E-state index contributed by atoms with van der Waals surface area (Å²) in [7, 11) is 0. The Kier molecular flexibility index (Phi) is 2.80. The highest BCUT2D eigenvalue weighted by atomic mass is 16.5. The van der Waals surface area contributed by atoms with E-state index in [1.807, 2.05) is 48.5 Å². The van der Waals surface area contributed by atoms with E-state index in [4.69, 9.17) is 10.5 Å².